The minimum absolute atomic E-state index is 0.383. The topological polar surface area (TPSA) is 44.5 Å². The van der Waals surface area contributed by atoms with Crippen LogP contribution in [0.5, 0.6) is 11.5 Å². The van der Waals surface area contributed by atoms with E-state index in [1.165, 1.54) is 19.3 Å². The second-order valence-corrected chi connectivity index (χ2v) is 4.90. The molecule has 0 amide bonds. The Morgan fingerprint density at radius 2 is 1.78 bits per heavy atom. The molecule has 2 unspecified atom stereocenters. The lowest BCUT2D eigenvalue weighted by molar-refractivity contribution is 0.270. The summed E-state index contributed by atoms with van der Waals surface area (Å²) in [6.45, 7) is 3.43. The highest BCUT2D eigenvalue weighted by Crippen LogP contribution is 2.27. The Balaban J connectivity index is 1.72. The van der Waals surface area contributed by atoms with Gasteiger partial charge >= 0.3 is 0 Å². The maximum absolute atomic E-state index is 6.04. The third kappa shape index (κ3) is 3.64. The molecular formula is C15H23NO2. The largest absolute Gasteiger partial charge is 0.494 e. The van der Waals surface area contributed by atoms with Gasteiger partial charge in [0.15, 0.2) is 0 Å². The summed E-state index contributed by atoms with van der Waals surface area (Å²) in [7, 11) is 0. The zero-order chi connectivity index (χ0) is 12.8. The van der Waals surface area contributed by atoms with Crippen molar-refractivity contribution >= 4 is 0 Å². The average Bonchev–Trinajstić information content (AvgIpc) is 2.78. The minimum atomic E-state index is 0.383. The summed E-state index contributed by atoms with van der Waals surface area (Å²) < 4.78 is 11.1. The first kappa shape index (κ1) is 13.2. The molecule has 0 spiro atoms. The Kier molecular flexibility index (Phi) is 4.88. The van der Waals surface area contributed by atoms with Crippen LogP contribution in [-0.4, -0.2) is 19.3 Å². The monoisotopic (exact) mass is 249 g/mol. The van der Waals surface area contributed by atoms with Gasteiger partial charge in [-0.05, 0) is 56.4 Å². The number of nitrogens with two attached hydrogens (primary N) is 1. The SMILES string of the molecule is CCOc1ccc(OCCC2CCCC2N)cc1. The van der Waals surface area contributed by atoms with Crippen molar-refractivity contribution in [3.8, 4) is 11.5 Å². The molecule has 0 heterocycles. The van der Waals surface area contributed by atoms with E-state index < -0.39 is 0 Å². The molecule has 2 atom stereocenters. The van der Waals surface area contributed by atoms with Gasteiger partial charge in [-0.1, -0.05) is 6.42 Å². The van der Waals surface area contributed by atoms with Crippen LogP contribution < -0.4 is 15.2 Å². The van der Waals surface area contributed by atoms with Gasteiger partial charge in [0.05, 0.1) is 13.2 Å². The van der Waals surface area contributed by atoms with Crippen molar-refractivity contribution in [1.29, 1.82) is 0 Å². The third-order valence-corrected chi connectivity index (χ3v) is 3.61. The van der Waals surface area contributed by atoms with E-state index in [0.29, 0.717) is 18.6 Å². The van der Waals surface area contributed by atoms with Gasteiger partial charge in [-0.15, -0.1) is 0 Å². The van der Waals surface area contributed by atoms with Gasteiger partial charge in [-0.25, -0.2) is 0 Å². The van der Waals surface area contributed by atoms with Crippen LogP contribution in [0.3, 0.4) is 0 Å². The van der Waals surface area contributed by atoms with Crippen molar-refractivity contribution in [2.45, 2.75) is 38.6 Å². The quantitative estimate of drug-likeness (QED) is 0.843. The molecule has 100 valence electrons. The van der Waals surface area contributed by atoms with E-state index in [4.69, 9.17) is 15.2 Å². The summed E-state index contributed by atoms with van der Waals surface area (Å²) in [6, 6.07) is 8.19. The second-order valence-electron chi connectivity index (χ2n) is 4.90. The molecule has 3 nitrogen and oxygen atoms in total. The Hall–Kier alpha value is -1.22. The van der Waals surface area contributed by atoms with Crippen LogP contribution in [0.4, 0.5) is 0 Å². The van der Waals surface area contributed by atoms with Crippen LogP contribution >= 0.6 is 0 Å². The van der Waals surface area contributed by atoms with E-state index in [1.54, 1.807) is 0 Å². The Labute approximate surface area is 109 Å². The van der Waals surface area contributed by atoms with Gasteiger partial charge in [0.2, 0.25) is 0 Å². The normalized spacial score (nSPS) is 23.0. The van der Waals surface area contributed by atoms with Gasteiger partial charge in [-0.2, -0.15) is 0 Å². The molecule has 0 aliphatic heterocycles. The summed E-state index contributed by atoms with van der Waals surface area (Å²) in [5, 5.41) is 0. The lowest BCUT2D eigenvalue weighted by atomic mass is 10.0. The van der Waals surface area contributed by atoms with Crippen LogP contribution in [-0.2, 0) is 0 Å². The highest BCUT2D eigenvalue weighted by molar-refractivity contribution is 5.31. The van der Waals surface area contributed by atoms with Gasteiger partial charge < -0.3 is 15.2 Å². The molecule has 2 N–H and O–H groups in total. The summed E-state index contributed by atoms with van der Waals surface area (Å²) in [5.41, 5.74) is 6.04. The molecule has 0 bridgehead atoms. The van der Waals surface area contributed by atoms with E-state index >= 15 is 0 Å². The average molecular weight is 249 g/mol. The minimum Gasteiger partial charge on any atom is -0.494 e. The van der Waals surface area contributed by atoms with Crippen molar-refractivity contribution < 1.29 is 9.47 Å². The Bertz CT molecular complexity index is 350. The number of rotatable bonds is 6. The maximum Gasteiger partial charge on any atom is 0.119 e. The fourth-order valence-corrected chi connectivity index (χ4v) is 2.55. The van der Waals surface area contributed by atoms with Crippen LogP contribution in [0, 0.1) is 5.92 Å². The first-order chi connectivity index (χ1) is 8.79. The van der Waals surface area contributed by atoms with Crippen molar-refractivity contribution in [3.05, 3.63) is 24.3 Å². The number of benzene rings is 1. The first-order valence-electron chi connectivity index (χ1n) is 6.91. The van der Waals surface area contributed by atoms with E-state index in [2.05, 4.69) is 0 Å². The molecule has 1 fully saturated rings. The summed E-state index contributed by atoms with van der Waals surface area (Å²) >= 11 is 0. The smallest absolute Gasteiger partial charge is 0.119 e. The van der Waals surface area contributed by atoms with Crippen molar-refractivity contribution in [2.75, 3.05) is 13.2 Å². The molecule has 2 rings (SSSR count). The molecule has 18 heavy (non-hydrogen) atoms. The summed E-state index contributed by atoms with van der Waals surface area (Å²) in [6.07, 6.45) is 4.77. The Morgan fingerprint density at radius 3 is 2.33 bits per heavy atom. The predicted molar refractivity (Wildman–Crippen MR) is 73.0 cm³/mol. The predicted octanol–water partition coefficient (Wildman–Crippen LogP) is 2.98. The number of ether oxygens (including phenoxy) is 2. The van der Waals surface area contributed by atoms with E-state index in [-0.39, 0.29) is 0 Å². The van der Waals surface area contributed by atoms with E-state index in [0.717, 1.165) is 24.5 Å². The summed E-state index contributed by atoms with van der Waals surface area (Å²) in [5.74, 6) is 2.44. The van der Waals surface area contributed by atoms with Gasteiger partial charge in [-0.3, -0.25) is 0 Å². The molecule has 1 aromatic rings. The molecule has 1 aliphatic rings. The molecule has 3 heteroatoms. The van der Waals surface area contributed by atoms with Crippen LogP contribution in [0.15, 0.2) is 24.3 Å². The standard InChI is InChI=1S/C15H23NO2/c1-2-17-13-6-8-14(9-7-13)18-11-10-12-4-3-5-15(12)16/h6-9,12,15H,2-5,10-11,16H2,1H3. The lowest BCUT2D eigenvalue weighted by Crippen LogP contribution is -2.25. The fraction of sp³-hybridized carbons (Fsp3) is 0.600. The molecular weight excluding hydrogens is 226 g/mol. The van der Waals surface area contributed by atoms with Gasteiger partial charge in [0.25, 0.3) is 0 Å². The zero-order valence-electron chi connectivity index (χ0n) is 11.1. The Morgan fingerprint density at radius 1 is 1.11 bits per heavy atom. The van der Waals surface area contributed by atoms with Crippen molar-refractivity contribution in [3.63, 3.8) is 0 Å². The zero-order valence-corrected chi connectivity index (χ0v) is 11.1. The maximum atomic E-state index is 6.04. The molecule has 1 aliphatic carbocycles. The molecule has 0 aromatic heterocycles. The number of hydrogen-bond acceptors (Lipinski definition) is 3. The molecule has 1 aromatic carbocycles. The van der Waals surface area contributed by atoms with Crippen molar-refractivity contribution in [1.82, 2.24) is 0 Å². The first-order valence-corrected chi connectivity index (χ1v) is 6.91. The van der Waals surface area contributed by atoms with E-state index in [9.17, 15) is 0 Å². The molecule has 1 saturated carbocycles. The summed E-state index contributed by atoms with van der Waals surface area (Å²) in [4.78, 5) is 0. The number of hydrogen-bond donors (Lipinski definition) is 1. The lowest BCUT2D eigenvalue weighted by Gasteiger charge is -2.15. The van der Waals surface area contributed by atoms with Crippen LogP contribution in [0.2, 0.25) is 0 Å². The molecule has 0 saturated heterocycles. The van der Waals surface area contributed by atoms with Gasteiger partial charge in [0, 0.05) is 6.04 Å². The highest BCUT2D eigenvalue weighted by atomic mass is 16.5. The third-order valence-electron chi connectivity index (χ3n) is 3.61. The van der Waals surface area contributed by atoms with Crippen LogP contribution in [0.25, 0.3) is 0 Å². The molecule has 0 radical (unpaired) electrons. The van der Waals surface area contributed by atoms with Crippen molar-refractivity contribution in [2.24, 2.45) is 11.7 Å². The van der Waals surface area contributed by atoms with E-state index in [1.807, 2.05) is 31.2 Å². The highest BCUT2D eigenvalue weighted by Gasteiger charge is 2.23. The van der Waals surface area contributed by atoms with Crippen LogP contribution in [0.1, 0.15) is 32.6 Å². The second kappa shape index (κ2) is 6.64. The van der Waals surface area contributed by atoms with Gasteiger partial charge in [0.1, 0.15) is 11.5 Å². The fourth-order valence-electron chi connectivity index (χ4n) is 2.55.